The van der Waals surface area contributed by atoms with Crippen LogP contribution in [0.2, 0.25) is 0 Å². The Bertz CT molecular complexity index is 319. The lowest BCUT2D eigenvalue weighted by Crippen LogP contribution is -2.23. The number of hydrogen-bond donors (Lipinski definition) is 1. The number of alkyl halides is 1. The van der Waals surface area contributed by atoms with Crippen molar-refractivity contribution in [1.29, 1.82) is 0 Å². The van der Waals surface area contributed by atoms with Crippen LogP contribution in [0.3, 0.4) is 0 Å². The van der Waals surface area contributed by atoms with Crippen LogP contribution >= 0.6 is 11.6 Å². The Kier molecular flexibility index (Phi) is 3.13. The van der Waals surface area contributed by atoms with Crippen LogP contribution in [0.15, 0.2) is 22.8 Å². The van der Waals surface area contributed by atoms with Crippen molar-refractivity contribution in [2.24, 2.45) is 0 Å². The van der Waals surface area contributed by atoms with Crippen molar-refractivity contribution in [3.8, 4) is 0 Å². The van der Waals surface area contributed by atoms with Crippen molar-refractivity contribution in [3.63, 3.8) is 0 Å². The summed E-state index contributed by atoms with van der Waals surface area (Å²) in [5.41, 5.74) is 0. The molecule has 0 aliphatic heterocycles. The molecular formula is C6H8ClNO3S. The second kappa shape index (κ2) is 3.93. The Morgan fingerprint density at radius 2 is 2.33 bits per heavy atom. The van der Waals surface area contributed by atoms with Crippen LogP contribution in [0, 0.1) is 0 Å². The Labute approximate surface area is 75.6 Å². The lowest BCUT2D eigenvalue weighted by atomic mass is 10.5. The molecule has 1 heterocycles. The number of hydrogen-bond acceptors (Lipinski definition) is 3. The summed E-state index contributed by atoms with van der Waals surface area (Å²) in [7, 11) is -3.34. The second-order valence-corrected chi connectivity index (χ2v) is 4.52. The largest absolute Gasteiger partial charge is 0.468 e. The standard InChI is InChI=1S/C6H8ClNO3S/c7-5-12(9,10)8-4-6-2-1-3-11-6/h1-3,8H,4-5H2. The number of nitrogens with one attached hydrogen (secondary N) is 1. The fraction of sp³-hybridized carbons (Fsp3) is 0.333. The predicted molar refractivity (Wildman–Crippen MR) is 45.2 cm³/mol. The summed E-state index contributed by atoms with van der Waals surface area (Å²) >= 11 is 5.15. The zero-order chi connectivity index (χ0) is 9.03. The number of sulfonamides is 1. The summed E-state index contributed by atoms with van der Waals surface area (Å²) in [4.78, 5) is 0. The highest BCUT2D eigenvalue weighted by Gasteiger charge is 2.07. The van der Waals surface area contributed by atoms with Gasteiger partial charge >= 0.3 is 0 Å². The minimum absolute atomic E-state index is 0.141. The molecule has 0 radical (unpaired) electrons. The SMILES string of the molecule is O=S(=O)(CCl)NCc1ccco1. The van der Waals surface area contributed by atoms with E-state index in [9.17, 15) is 8.42 Å². The molecule has 0 unspecified atom stereocenters. The molecule has 1 N–H and O–H groups in total. The van der Waals surface area contributed by atoms with E-state index in [0.29, 0.717) is 5.76 Å². The first-order chi connectivity index (χ1) is 5.64. The minimum atomic E-state index is -3.34. The van der Waals surface area contributed by atoms with E-state index in [4.69, 9.17) is 16.0 Å². The first kappa shape index (κ1) is 9.57. The van der Waals surface area contributed by atoms with Gasteiger partial charge in [-0.25, -0.2) is 13.1 Å². The quantitative estimate of drug-likeness (QED) is 0.750. The van der Waals surface area contributed by atoms with Crippen LogP contribution in [0.25, 0.3) is 0 Å². The third kappa shape index (κ3) is 2.84. The summed E-state index contributed by atoms with van der Waals surface area (Å²) < 4.78 is 28.8. The fourth-order valence-corrected chi connectivity index (χ4v) is 1.30. The smallest absolute Gasteiger partial charge is 0.226 e. The van der Waals surface area contributed by atoms with E-state index in [1.807, 2.05) is 0 Å². The normalized spacial score (nSPS) is 11.8. The Morgan fingerprint density at radius 3 is 2.83 bits per heavy atom. The van der Waals surface area contributed by atoms with E-state index in [2.05, 4.69) is 4.72 Å². The molecular weight excluding hydrogens is 202 g/mol. The molecule has 0 aliphatic rings. The summed E-state index contributed by atoms with van der Waals surface area (Å²) in [6, 6.07) is 3.36. The topological polar surface area (TPSA) is 59.3 Å². The molecule has 12 heavy (non-hydrogen) atoms. The summed E-state index contributed by atoms with van der Waals surface area (Å²) in [6.45, 7) is 0.141. The van der Waals surface area contributed by atoms with Crippen molar-refractivity contribution >= 4 is 21.6 Å². The molecule has 0 aliphatic carbocycles. The van der Waals surface area contributed by atoms with Gasteiger partial charge in [0.1, 0.15) is 11.0 Å². The molecule has 6 heteroatoms. The molecule has 0 spiro atoms. The van der Waals surface area contributed by atoms with Crippen LogP contribution < -0.4 is 4.72 Å². The third-order valence-corrected chi connectivity index (χ3v) is 2.92. The van der Waals surface area contributed by atoms with E-state index >= 15 is 0 Å². The van der Waals surface area contributed by atoms with Gasteiger partial charge in [0, 0.05) is 0 Å². The second-order valence-electron chi connectivity index (χ2n) is 2.12. The van der Waals surface area contributed by atoms with E-state index in [0.717, 1.165) is 0 Å². The molecule has 0 atom stereocenters. The number of rotatable bonds is 4. The van der Waals surface area contributed by atoms with Crippen molar-refractivity contribution < 1.29 is 12.8 Å². The fourth-order valence-electron chi connectivity index (χ4n) is 0.633. The molecule has 4 nitrogen and oxygen atoms in total. The van der Waals surface area contributed by atoms with Crippen LogP contribution in [0.1, 0.15) is 5.76 Å². The lowest BCUT2D eigenvalue weighted by Gasteiger charge is -1.99. The van der Waals surface area contributed by atoms with Gasteiger partial charge in [-0.05, 0) is 12.1 Å². The van der Waals surface area contributed by atoms with Crippen LogP contribution in [-0.4, -0.2) is 13.6 Å². The van der Waals surface area contributed by atoms with Gasteiger partial charge in [-0.3, -0.25) is 0 Å². The Hall–Kier alpha value is -0.520. The average Bonchev–Trinajstić information content (AvgIpc) is 2.53. The zero-order valence-electron chi connectivity index (χ0n) is 6.16. The van der Waals surface area contributed by atoms with Gasteiger partial charge in [0.25, 0.3) is 0 Å². The van der Waals surface area contributed by atoms with Gasteiger partial charge < -0.3 is 4.42 Å². The van der Waals surface area contributed by atoms with Gasteiger partial charge in [0.05, 0.1) is 12.8 Å². The van der Waals surface area contributed by atoms with Crippen LogP contribution in [-0.2, 0) is 16.6 Å². The van der Waals surface area contributed by atoms with Crippen molar-refractivity contribution in [3.05, 3.63) is 24.2 Å². The van der Waals surface area contributed by atoms with Gasteiger partial charge in [-0.2, -0.15) is 0 Å². The minimum Gasteiger partial charge on any atom is -0.468 e. The number of furan rings is 1. The summed E-state index contributed by atoms with van der Waals surface area (Å²) in [6.07, 6.45) is 1.48. The first-order valence-corrected chi connectivity index (χ1v) is 5.38. The van der Waals surface area contributed by atoms with Crippen LogP contribution in [0.4, 0.5) is 0 Å². The summed E-state index contributed by atoms with van der Waals surface area (Å²) in [5, 5.41) is -0.437. The van der Waals surface area contributed by atoms with E-state index in [1.54, 1.807) is 12.1 Å². The molecule has 0 bridgehead atoms. The third-order valence-electron chi connectivity index (χ3n) is 1.19. The molecule has 0 fully saturated rings. The average molecular weight is 210 g/mol. The van der Waals surface area contributed by atoms with Crippen molar-refractivity contribution in [2.45, 2.75) is 6.54 Å². The molecule has 0 saturated carbocycles. The maximum absolute atomic E-state index is 10.8. The zero-order valence-corrected chi connectivity index (χ0v) is 7.73. The highest BCUT2D eigenvalue weighted by molar-refractivity contribution is 7.90. The Morgan fingerprint density at radius 1 is 1.58 bits per heavy atom. The maximum Gasteiger partial charge on any atom is 0.226 e. The highest BCUT2D eigenvalue weighted by atomic mass is 35.5. The van der Waals surface area contributed by atoms with E-state index < -0.39 is 15.2 Å². The Balaban J connectivity index is 2.47. The molecule has 0 aromatic carbocycles. The predicted octanol–water partition coefficient (Wildman–Crippen LogP) is 0.895. The maximum atomic E-state index is 10.8. The lowest BCUT2D eigenvalue weighted by molar-refractivity contribution is 0.499. The van der Waals surface area contributed by atoms with Gasteiger partial charge in [0.2, 0.25) is 10.0 Å². The van der Waals surface area contributed by atoms with E-state index in [-0.39, 0.29) is 6.54 Å². The van der Waals surface area contributed by atoms with Gasteiger partial charge in [-0.15, -0.1) is 11.6 Å². The molecule has 1 aromatic heterocycles. The monoisotopic (exact) mass is 209 g/mol. The number of halogens is 1. The van der Waals surface area contributed by atoms with Gasteiger partial charge in [0.15, 0.2) is 0 Å². The molecule has 68 valence electrons. The van der Waals surface area contributed by atoms with Crippen LogP contribution in [0.5, 0.6) is 0 Å². The molecule has 0 saturated heterocycles. The van der Waals surface area contributed by atoms with Gasteiger partial charge in [-0.1, -0.05) is 0 Å². The van der Waals surface area contributed by atoms with Crippen molar-refractivity contribution in [2.75, 3.05) is 5.21 Å². The molecule has 1 aromatic rings. The molecule has 0 amide bonds. The van der Waals surface area contributed by atoms with Crippen molar-refractivity contribution in [1.82, 2.24) is 4.72 Å². The molecule has 1 rings (SSSR count). The van der Waals surface area contributed by atoms with E-state index in [1.165, 1.54) is 6.26 Å². The highest BCUT2D eigenvalue weighted by Crippen LogP contribution is 2.00. The first-order valence-electron chi connectivity index (χ1n) is 3.20. The summed E-state index contributed by atoms with van der Waals surface area (Å²) in [5.74, 6) is 0.559.